The Balaban J connectivity index is 1.68. The van der Waals surface area contributed by atoms with E-state index in [0.29, 0.717) is 5.69 Å². The lowest BCUT2D eigenvalue weighted by molar-refractivity contribution is -0.274. The van der Waals surface area contributed by atoms with E-state index < -0.39 is 23.9 Å². The van der Waals surface area contributed by atoms with Crippen LogP contribution >= 0.6 is 0 Å². The number of hydrogen-bond donors (Lipinski definition) is 3. The average Bonchev–Trinajstić information content (AvgIpc) is 3.24. The van der Waals surface area contributed by atoms with Gasteiger partial charge in [-0.2, -0.15) is 0 Å². The van der Waals surface area contributed by atoms with Gasteiger partial charge in [0.15, 0.2) is 5.78 Å². The molecule has 0 atom stereocenters. The second-order valence-corrected chi connectivity index (χ2v) is 6.43. The molecule has 0 bridgehead atoms. The smallest absolute Gasteiger partial charge is 0.405 e. The predicted octanol–water partition coefficient (Wildman–Crippen LogP) is 4.41. The molecule has 3 N–H and O–H groups in total. The first-order valence-corrected chi connectivity index (χ1v) is 9.32. The number of H-pyrrole nitrogens is 1. The number of rotatable bonds is 7. The molecule has 0 spiro atoms. The van der Waals surface area contributed by atoms with Gasteiger partial charge in [-0.1, -0.05) is 19.1 Å². The highest BCUT2D eigenvalue weighted by Gasteiger charge is 2.32. The number of aromatic amines is 1. The topological polar surface area (TPSA) is 113 Å². The molecule has 1 heterocycles. The largest absolute Gasteiger partial charge is 0.573 e. The van der Waals surface area contributed by atoms with Crippen molar-refractivity contribution in [1.29, 1.82) is 0 Å². The Hall–Kier alpha value is -4.15. The van der Waals surface area contributed by atoms with Gasteiger partial charge >= 0.3 is 6.36 Å². The number of anilines is 2. The van der Waals surface area contributed by atoms with Crippen LogP contribution in [0.2, 0.25) is 0 Å². The summed E-state index contributed by atoms with van der Waals surface area (Å²) in [6, 6.07) is 10.8. The molecule has 0 saturated carbocycles. The number of nitrogens with one attached hydrogen (secondary N) is 3. The number of ether oxygens (including phenoxy) is 1. The molecule has 0 unspecified atom stereocenters. The number of aromatic nitrogens is 2. The van der Waals surface area contributed by atoms with Crippen molar-refractivity contribution in [3.8, 4) is 5.75 Å². The molecule has 2 amide bonds. The summed E-state index contributed by atoms with van der Waals surface area (Å²) in [5, 5.41) is 5.05. The van der Waals surface area contributed by atoms with Crippen molar-refractivity contribution < 1.29 is 32.3 Å². The number of Topliss-reactive ketones (excluding diaryl/α,β-unsaturated/α-hetero) is 1. The summed E-state index contributed by atoms with van der Waals surface area (Å²) < 4.78 is 41.5. The number of carbonyl (C=O) groups is 3. The minimum absolute atomic E-state index is 0.0236. The molecule has 166 valence electrons. The number of nitrogens with zero attached hydrogens (tertiary/aromatic N) is 1. The van der Waals surface area contributed by atoms with E-state index in [-0.39, 0.29) is 34.8 Å². The fourth-order valence-corrected chi connectivity index (χ4v) is 2.74. The minimum Gasteiger partial charge on any atom is -0.405 e. The third-order valence-electron chi connectivity index (χ3n) is 4.21. The maximum absolute atomic E-state index is 12.5. The third kappa shape index (κ3) is 5.50. The van der Waals surface area contributed by atoms with Gasteiger partial charge in [0.1, 0.15) is 17.1 Å². The summed E-state index contributed by atoms with van der Waals surface area (Å²) in [6.07, 6.45) is -3.50. The van der Waals surface area contributed by atoms with Gasteiger partial charge in [-0.15, -0.1) is 13.2 Å². The highest BCUT2D eigenvalue weighted by atomic mass is 19.4. The summed E-state index contributed by atoms with van der Waals surface area (Å²) in [7, 11) is 0. The van der Waals surface area contributed by atoms with Gasteiger partial charge in [-0.3, -0.25) is 14.4 Å². The van der Waals surface area contributed by atoms with Crippen molar-refractivity contribution in [2.24, 2.45) is 0 Å². The zero-order valence-electron chi connectivity index (χ0n) is 16.6. The number of amides is 2. The van der Waals surface area contributed by atoms with Crippen LogP contribution in [-0.4, -0.2) is 33.9 Å². The number of carbonyl (C=O) groups excluding carboxylic acids is 3. The quantitative estimate of drug-likeness (QED) is 0.466. The SMILES string of the molecule is CCC(=O)c1nc[nH]c1C(=O)Nc1ccc(NC(=O)c2ccccc2OC(F)(F)F)cc1. The molecular weight excluding hydrogens is 429 g/mol. The van der Waals surface area contributed by atoms with E-state index in [4.69, 9.17) is 0 Å². The average molecular weight is 446 g/mol. The van der Waals surface area contributed by atoms with E-state index in [1.54, 1.807) is 6.92 Å². The predicted molar refractivity (Wildman–Crippen MR) is 109 cm³/mol. The van der Waals surface area contributed by atoms with Crippen LogP contribution < -0.4 is 15.4 Å². The van der Waals surface area contributed by atoms with E-state index in [2.05, 4.69) is 25.3 Å². The zero-order valence-corrected chi connectivity index (χ0v) is 16.6. The molecule has 2 aromatic carbocycles. The standard InChI is InChI=1S/C21H17F3N4O4/c1-2-15(29)17-18(26-11-25-17)20(31)28-13-9-7-12(8-10-13)27-19(30)14-5-3-4-6-16(14)32-21(22,23)24/h3-11H,2H2,1H3,(H,25,26)(H,27,30)(H,28,31). The molecule has 0 aliphatic rings. The fourth-order valence-electron chi connectivity index (χ4n) is 2.74. The minimum atomic E-state index is -4.94. The Bertz CT molecular complexity index is 1140. The monoisotopic (exact) mass is 446 g/mol. The normalized spacial score (nSPS) is 11.0. The summed E-state index contributed by atoms with van der Waals surface area (Å²) in [5.41, 5.74) is 0.398. The van der Waals surface area contributed by atoms with Crippen molar-refractivity contribution in [1.82, 2.24) is 9.97 Å². The van der Waals surface area contributed by atoms with E-state index >= 15 is 0 Å². The third-order valence-corrected chi connectivity index (χ3v) is 4.21. The first-order valence-electron chi connectivity index (χ1n) is 9.32. The van der Waals surface area contributed by atoms with E-state index in [1.807, 2.05) is 0 Å². The van der Waals surface area contributed by atoms with Gasteiger partial charge in [0, 0.05) is 17.8 Å². The van der Waals surface area contributed by atoms with Crippen LogP contribution in [0.4, 0.5) is 24.5 Å². The Morgan fingerprint density at radius 2 is 1.56 bits per heavy atom. The van der Waals surface area contributed by atoms with Crippen LogP contribution in [0.15, 0.2) is 54.9 Å². The Kier molecular flexibility index (Phi) is 6.57. The molecule has 0 radical (unpaired) electrons. The lowest BCUT2D eigenvalue weighted by Crippen LogP contribution is -2.20. The summed E-state index contributed by atoms with van der Waals surface area (Å²) >= 11 is 0. The number of benzene rings is 2. The van der Waals surface area contributed by atoms with Gasteiger partial charge < -0.3 is 20.4 Å². The van der Waals surface area contributed by atoms with E-state index in [9.17, 15) is 27.6 Å². The number of ketones is 1. The van der Waals surface area contributed by atoms with Gasteiger partial charge in [0.25, 0.3) is 11.8 Å². The number of imidazole rings is 1. The molecule has 3 aromatic rings. The number of hydrogen-bond acceptors (Lipinski definition) is 5. The fraction of sp³-hybridized carbons (Fsp3) is 0.143. The lowest BCUT2D eigenvalue weighted by Gasteiger charge is -2.13. The van der Waals surface area contributed by atoms with Gasteiger partial charge in [-0.05, 0) is 36.4 Å². The first kappa shape index (κ1) is 22.5. The van der Waals surface area contributed by atoms with Crippen molar-refractivity contribution >= 4 is 29.0 Å². The molecule has 0 fully saturated rings. The maximum atomic E-state index is 12.5. The van der Waals surface area contributed by atoms with Gasteiger partial charge in [0.05, 0.1) is 11.9 Å². The van der Waals surface area contributed by atoms with Crippen LogP contribution in [0.3, 0.4) is 0 Å². The summed E-state index contributed by atoms with van der Waals surface area (Å²) in [6.45, 7) is 1.65. The van der Waals surface area contributed by atoms with Crippen LogP contribution in [0.1, 0.15) is 44.7 Å². The first-order chi connectivity index (χ1) is 15.2. The lowest BCUT2D eigenvalue weighted by atomic mass is 10.1. The number of alkyl halides is 3. The van der Waals surface area contributed by atoms with Crippen molar-refractivity contribution in [3.05, 3.63) is 71.8 Å². The molecule has 0 aliphatic carbocycles. The van der Waals surface area contributed by atoms with Crippen molar-refractivity contribution in [2.45, 2.75) is 19.7 Å². The molecule has 0 saturated heterocycles. The van der Waals surface area contributed by atoms with Crippen molar-refractivity contribution in [2.75, 3.05) is 10.6 Å². The molecule has 0 aliphatic heterocycles. The van der Waals surface area contributed by atoms with E-state index in [0.717, 1.165) is 6.07 Å². The second kappa shape index (κ2) is 9.33. The molecule has 8 nitrogen and oxygen atoms in total. The van der Waals surface area contributed by atoms with Crippen LogP contribution in [0.5, 0.6) is 5.75 Å². The molecule has 3 rings (SSSR count). The van der Waals surface area contributed by atoms with Crippen LogP contribution in [0, 0.1) is 0 Å². The Morgan fingerprint density at radius 3 is 2.16 bits per heavy atom. The molecular formula is C21H17F3N4O4. The Morgan fingerprint density at radius 1 is 0.969 bits per heavy atom. The van der Waals surface area contributed by atoms with Gasteiger partial charge in [-0.25, -0.2) is 4.98 Å². The van der Waals surface area contributed by atoms with Crippen LogP contribution in [0.25, 0.3) is 0 Å². The summed E-state index contributed by atoms with van der Waals surface area (Å²) in [5.74, 6) is -2.29. The molecule has 32 heavy (non-hydrogen) atoms. The second-order valence-electron chi connectivity index (χ2n) is 6.43. The number of halogens is 3. The molecule has 11 heteroatoms. The van der Waals surface area contributed by atoms with Gasteiger partial charge in [0.2, 0.25) is 0 Å². The van der Waals surface area contributed by atoms with Crippen LogP contribution in [-0.2, 0) is 0 Å². The number of para-hydroxylation sites is 1. The Labute approximate surface area is 179 Å². The van der Waals surface area contributed by atoms with E-state index in [1.165, 1.54) is 48.8 Å². The highest BCUT2D eigenvalue weighted by molar-refractivity contribution is 6.10. The summed E-state index contributed by atoms with van der Waals surface area (Å²) in [4.78, 5) is 43.1. The molecule has 1 aromatic heterocycles. The highest BCUT2D eigenvalue weighted by Crippen LogP contribution is 2.27. The maximum Gasteiger partial charge on any atom is 0.573 e. The zero-order chi connectivity index (χ0) is 23.3. The van der Waals surface area contributed by atoms with Crippen molar-refractivity contribution in [3.63, 3.8) is 0 Å².